The highest BCUT2D eigenvalue weighted by molar-refractivity contribution is 5.94. The summed E-state index contributed by atoms with van der Waals surface area (Å²) >= 11 is 0. The molecule has 136 valence electrons. The van der Waals surface area contributed by atoms with Crippen LogP contribution in [0, 0.1) is 13.8 Å². The fourth-order valence-corrected chi connectivity index (χ4v) is 3.61. The minimum atomic E-state index is -0.0242. The molecule has 1 N–H and O–H groups in total. The third-order valence-corrected chi connectivity index (χ3v) is 4.85. The number of carbonyl (C=O) groups excluding carboxylic acids is 1. The lowest BCUT2D eigenvalue weighted by atomic mass is 10.0. The maximum Gasteiger partial charge on any atom is 0.251 e. The van der Waals surface area contributed by atoms with Gasteiger partial charge in [-0.1, -0.05) is 35.4 Å². The molecular weight excluding hydrogens is 322 g/mol. The largest absolute Gasteiger partial charge is 0.350 e. The second-order valence-electron chi connectivity index (χ2n) is 7.28. The standard InChI is InChI=1S/C22H27N3O/c1-15-10-16(2)12-17(11-15)22(26)23-13-21(24(3)4)19-14-25(5)20-9-7-6-8-18(19)20/h6-12,14,21H,13H2,1-5H3,(H,23,26). The molecule has 0 aliphatic heterocycles. The van der Waals surface area contributed by atoms with E-state index >= 15 is 0 Å². The molecular formula is C22H27N3O. The Balaban J connectivity index is 1.84. The summed E-state index contributed by atoms with van der Waals surface area (Å²) < 4.78 is 2.15. The molecule has 1 aromatic heterocycles. The molecule has 2 aromatic carbocycles. The number of carbonyl (C=O) groups is 1. The fourth-order valence-electron chi connectivity index (χ4n) is 3.61. The van der Waals surface area contributed by atoms with E-state index in [1.54, 1.807) is 0 Å². The zero-order chi connectivity index (χ0) is 18.8. The van der Waals surface area contributed by atoms with Crippen molar-refractivity contribution >= 4 is 16.8 Å². The number of amides is 1. The first-order valence-corrected chi connectivity index (χ1v) is 8.93. The van der Waals surface area contributed by atoms with Gasteiger partial charge in [-0.05, 0) is 51.7 Å². The Hall–Kier alpha value is -2.59. The number of aryl methyl sites for hydroxylation is 3. The molecule has 1 amide bonds. The Kier molecular flexibility index (Phi) is 5.14. The van der Waals surface area contributed by atoms with Crippen LogP contribution in [0.25, 0.3) is 10.9 Å². The molecule has 0 fully saturated rings. The quantitative estimate of drug-likeness (QED) is 0.760. The zero-order valence-corrected chi connectivity index (χ0v) is 16.2. The molecule has 4 heteroatoms. The van der Waals surface area contributed by atoms with Crippen molar-refractivity contribution < 1.29 is 4.79 Å². The van der Waals surface area contributed by atoms with E-state index in [2.05, 4.69) is 72.5 Å². The highest BCUT2D eigenvalue weighted by Gasteiger charge is 2.20. The number of likely N-dealkylation sites (N-methyl/N-ethyl adjacent to an activating group) is 1. The Morgan fingerprint density at radius 3 is 2.42 bits per heavy atom. The molecule has 26 heavy (non-hydrogen) atoms. The van der Waals surface area contributed by atoms with Crippen LogP contribution in [0.5, 0.6) is 0 Å². The Bertz CT molecular complexity index is 919. The van der Waals surface area contributed by atoms with Gasteiger partial charge in [0, 0.05) is 36.3 Å². The number of hydrogen-bond donors (Lipinski definition) is 1. The molecule has 1 unspecified atom stereocenters. The average molecular weight is 349 g/mol. The molecule has 3 aromatic rings. The van der Waals surface area contributed by atoms with Gasteiger partial charge < -0.3 is 14.8 Å². The molecule has 0 aliphatic rings. The molecule has 4 nitrogen and oxygen atoms in total. The molecule has 0 saturated heterocycles. The summed E-state index contributed by atoms with van der Waals surface area (Å²) in [6.07, 6.45) is 2.16. The van der Waals surface area contributed by atoms with Crippen molar-refractivity contribution in [3.63, 3.8) is 0 Å². The van der Waals surface area contributed by atoms with E-state index in [0.29, 0.717) is 6.54 Å². The lowest BCUT2D eigenvalue weighted by molar-refractivity contribution is 0.0942. The monoisotopic (exact) mass is 349 g/mol. The molecule has 0 aliphatic carbocycles. The number of nitrogens with zero attached hydrogens (tertiary/aromatic N) is 2. The van der Waals surface area contributed by atoms with Crippen molar-refractivity contribution in [2.45, 2.75) is 19.9 Å². The number of rotatable bonds is 5. The number of hydrogen-bond acceptors (Lipinski definition) is 2. The highest BCUT2D eigenvalue weighted by atomic mass is 16.1. The molecule has 1 atom stereocenters. The molecule has 0 radical (unpaired) electrons. The first kappa shape index (κ1) is 18.2. The number of para-hydroxylation sites is 1. The van der Waals surface area contributed by atoms with E-state index in [4.69, 9.17) is 0 Å². The minimum Gasteiger partial charge on any atom is -0.350 e. The molecule has 0 bridgehead atoms. The SMILES string of the molecule is Cc1cc(C)cc(C(=O)NCC(c2cn(C)c3ccccc23)N(C)C)c1. The highest BCUT2D eigenvalue weighted by Crippen LogP contribution is 2.28. The van der Waals surface area contributed by atoms with Gasteiger partial charge in [-0.25, -0.2) is 0 Å². The Morgan fingerprint density at radius 2 is 1.77 bits per heavy atom. The van der Waals surface area contributed by atoms with E-state index in [9.17, 15) is 4.79 Å². The van der Waals surface area contributed by atoms with Crippen LogP contribution in [0.4, 0.5) is 0 Å². The van der Waals surface area contributed by atoms with Crippen LogP contribution < -0.4 is 5.32 Å². The Labute approximate surface area is 155 Å². The predicted octanol–water partition coefficient (Wildman–Crippen LogP) is 3.83. The van der Waals surface area contributed by atoms with E-state index < -0.39 is 0 Å². The van der Waals surface area contributed by atoms with Crippen LogP contribution in [0.3, 0.4) is 0 Å². The van der Waals surface area contributed by atoms with Gasteiger partial charge in [0.25, 0.3) is 5.91 Å². The summed E-state index contributed by atoms with van der Waals surface area (Å²) in [7, 11) is 6.16. The summed E-state index contributed by atoms with van der Waals surface area (Å²) in [6.45, 7) is 4.60. The summed E-state index contributed by atoms with van der Waals surface area (Å²) in [5, 5.41) is 4.35. The molecule has 0 spiro atoms. The summed E-state index contributed by atoms with van der Waals surface area (Å²) in [6, 6.07) is 14.4. The second-order valence-corrected chi connectivity index (χ2v) is 7.28. The summed E-state index contributed by atoms with van der Waals surface area (Å²) in [4.78, 5) is 14.8. The van der Waals surface area contributed by atoms with Crippen LogP contribution >= 0.6 is 0 Å². The van der Waals surface area contributed by atoms with E-state index in [0.717, 1.165) is 16.7 Å². The van der Waals surface area contributed by atoms with Gasteiger partial charge in [0.1, 0.15) is 0 Å². The van der Waals surface area contributed by atoms with E-state index in [-0.39, 0.29) is 11.9 Å². The van der Waals surface area contributed by atoms with Gasteiger partial charge in [-0.3, -0.25) is 4.79 Å². The van der Waals surface area contributed by atoms with Crippen molar-refractivity contribution in [3.8, 4) is 0 Å². The Morgan fingerprint density at radius 1 is 1.12 bits per heavy atom. The van der Waals surface area contributed by atoms with E-state index in [1.807, 2.05) is 26.0 Å². The maximum atomic E-state index is 12.6. The molecule has 1 heterocycles. The first-order valence-electron chi connectivity index (χ1n) is 8.93. The van der Waals surface area contributed by atoms with Gasteiger partial charge in [0.2, 0.25) is 0 Å². The average Bonchev–Trinajstić information content (AvgIpc) is 2.91. The van der Waals surface area contributed by atoms with Crippen LogP contribution in [0.2, 0.25) is 0 Å². The van der Waals surface area contributed by atoms with Crippen molar-refractivity contribution in [2.75, 3.05) is 20.6 Å². The normalized spacial score (nSPS) is 12.5. The van der Waals surface area contributed by atoms with Gasteiger partial charge in [-0.2, -0.15) is 0 Å². The van der Waals surface area contributed by atoms with Crippen molar-refractivity contribution in [1.29, 1.82) is 0 Å². The minimum absolute atomic E-state index is 0.0242. The van der Waals surface area contributed by atoms with Gasteiger partial charge in [-0.15, -0.1) is 0 Å². The topological polar surface area (TPSA) is 37.3 Å². The number of nitrogens with one attached hydrogen (secondary N) is 1. The summed E-state index contributed by atoms with van der Waals surface area (Å²) in [5.74, 6) is -0.0242. The number of aromatic nitrogens is 1. The third-order valence-electron chi connectivity index (χ3n) is 4.85. The van der Waals surface area contributed by atoms with Crippen LogP contribution in [-0.4, -0.2) is 36.0 Å². The summed E-state index contributed by atoms with van der Waals surface area (Å²) in [5.41, 5.74) is 5.36. The molecule has 3 rings (SSSR count). The van der Waals surface area contributed by atoms with Gasteiger partial charge in [0.15, 0.2) is 0 Å². The number of benzene rings is 2. The molecule has 0 saturated carbocycles. The zero-order valence-electron chi connectivity index (χ0n) is 16.2. The van der Waals surface area contributed by atoms with Crippen LogP contribution in [0.1, 0.15) is 33.1 Å². The van der Waals surface area contributed by atoms with Crippen LogP contribution in [-0.2, 0) is 7.05 Å². The van der Waals surface area contributed by atoms with Crippen molar-refractivity contribution in [2.24, 2.45) is 7.05 Å². The van der Waals surface area contributed by atoms with Crippen molar-refractivity contribution in [1.82, 2.24) is 14.8 Å². The van der Waals surface area contributed by atoms with Gasteiger partial charge in [0.05, 0.1) is 6.04 Å². The first-order chi connectivity index (χ1) is 12.4. The number of fused-ring (bicyclic) bond motifs is 1. The van der Waals surface area contributed by atoms with E-state index in [1.165, 1.54) is 16.5 Å². The van der Waals surface area contributed by atoms with Crippen molar-refractivity contribution in [3.05, 3.63) is 70.9 Å². The lowest BCUT2D eigenvalue weighted by Gasteiger charge is -2.24. The van der Waals surface area contributed by atoms with Crippen LogP contribution in [0.15, 0.2) is 48.7 Å². The third kappa shape index (κ3) is 3.65. The van der Waals surface area contributed by atoms with Gasteiger partial charge >= 0.3 is 0 Å². The lowest BCUT2D eigenvalue weighted by Crippen LogP contribution is -2.34. The fraction of sp³-hybridized carbons (Fsp3) is 0.318. The smallest absolute Gasteiger partial charge is 0.251 e. The maximum absolute atomic E-state index is 12.6. The second kappa shape index (κ2) is 7.34. The predicted molar refractivity (Wildman–Crippen MR) is 108 cm³/mol.